The Morgan fingerprint density at radius 3 is 2.76 bits per heavy atom. The molecule has 0 unspecified atom stereocenters. The highest BCUT2D eigenvalue weighted by Crippen LogP contribution is 2.41. The van der Waals surface area contributed by atoms with Gasteiger partial charge < -0.3 is 11.1 Å². The zero-order chi connectivity index (χ0) is 15.0. The van der Waals surface area contributed by atoms with E-state index in [9.17, 15) is 12.8 Å². The lowest BCUT2D eigenvalue weighted by molar-refractivity contribution is 0.595. The number of hydrogen-bond acceptors (Lipinski definition) is 6. The number of hydrogen-bond donors (Lipinski definition) is 2. The molecule has 1 aliphatic rings. The summed E-state index contributed by atoms with van der Waals surface area (Å²) in [7, 11) is -3.43. The van der Waals surface area contributed by atoms with Gasteiger partial charge in [0.15, 0.2) is 15.7 Å². The molecule has 2 aromatic rings. The van der Waals surface area contributed by atoms with Crippen molar-refractivity contribution in [1.82, 2.24) is 4.37 Å². The van der Waals surface area contributed by atoms with Gasteiger partial charge in [0, 0.05) is 12.1 Å². The van der Waals surface area contributed by atoms with E-state index in [1.165, 1.54) is 6.07 Å². The van der Waals surface area contributed by atoms with Gasteiger partial charge in [0.05, 0.1) is 5.25 Å². The van der Waals surface area contributed by atoms with Crippen molar-refractivity contribution >= 4 is 32.2 Å². The van der Waals surface area contributed by atoms with E-state index in [4.69, 9.17) is 5.73 Å². The second-order valence-corrected chi connectivity index (χ2v) is 7.85. The van der Waals surface area contributed by atoms with Gasteiger partial charge in [-0.2, -0.15) is 4.37 Å². The van der Waals surface area contributed by atoms with Crippen LogP contribution in [0, 0.1) is 5.82 Å². The van der Waals surface area contributed by atoms with Crippen molar-refractivity contribution in [3.8, 4) is 0 Å². The first kappa shape index (κ1) is 14.3. The van der Waals surface area contributed by atoms with Crippen LogP contribution in [0.15, 0.2) is 29.2 Å². The third-order valence-electron chi connectivity index (χ3n) is 3.32. The third kappa shape index (κ3) is 2.73. The van der Waals surface area contributed by atoms with Crippen LogP contribution in [-0.2, 0) is 16.4 Å². The van der Waals surface area contributed by atoms with Crippen LogP contribution in [0.5, 0.6) is 0 Å². The van der Waals surface area contributed by atoms with Crippen LogP contribution in [0.25, 0.3) is 0 Å². The highest BCUT2D eigenvalue weighted by Gasteiger charge is 2.40. The Morgan fingerprint density at radius 1 is 1.38 bits per heavy atom. The molecule has 0 saturated heterocycles. The summed E-state index contributed by atoms with van der Waals surface area (Å²) in [6, 6.07) is 6.33. The van der Waals surface area contributed by atoms with Crippen LogP contribution in [0.4, 0.5) is 15.2 Å². The fourth-order valence-corrected chi connectivity index (χ4v) is 4.92. The summed E-state index contributed by atoms with van der Waals surface area (Å²) < 4.78 is 42.2. The first-order valence-corrected chi connectivity index (χ1v) is 8.78. The predicted octanol–water partition coefficient (Wildman–Crippen LogP) is 2.41. The zero-order valence-corrected chi connectivity index (χ0v) is 12.7. The number of nitrogens with two attached hydrogens (primary N) is 1. The Morgan fingerprint density at radius 2 is 2.10 bits per heavy atom. The maximum Gasteiger partial charge on any atom is 0.187 e. The van der Waals surface area contributed by atoms with Gasteiger partial charge in [0.25, 0.3) is 0 Å². The van der Waals surface area contributed by atoms with Crippen LogP contribution in [0.3, 0.4) is 0 Å². The number of benzene rings is 1. The molecule has 1 aliphatic carbocycles. The number of anilines is 2. The van der Waals surface area contributed by atoms with Gasteiger partial charge in [-0.05, 0) is 30.4 Å². The van der Waals surface area contributed by atoms with Crippen molar-refractivity contribution in [2.45, 2.75) is 29.5 Å². The van der Waals surface area contributed by atoms with Gasteiger partial charge in [-0.3, -0.25) is 0 Å². The molecule has 3 N–H and O–H groups in total. The summed E-state index contributed by atoms with van der Waals surface area (Å²) in [4.78, 5) is 0.0614. The average molecular weight is 327 g/mol. The lowest BCUT2D eigenvalue weighted by Gasteiger charge is -2.08. The van der Waals surface area contributed by atoms with E-state index >= 15 is 0 Å². The quantitative estimate of drug-likeness (QED) is 0.881. The maximum atomic E-state index is 13.6. The Kier molecular flexibility index (Phi) is 3.58. The van der Waals surface area contributed by atoms with Crippen molar-refractivity contribution in [1.29, 1.82) is 0 Å². The van der Waals surface area contributed by atoms with Crippen LogP contribution in [0.1, 0.15) is 18.4 Å². The summed E-state index contributed by atoms with van der Waals surface area (Å²) in [5, 5.41) is 2.96. The third-order valence-corrected chi connectivity index (χ3v) is 6.60. The smallest absolute Gasteiger partial charge is 0.187 e. The van der Waals surface area contributed by atoms with Gasteiger partial charge in [-0.25, -0.2) is 12.8 Å². The second kappa shape index (κ2) is 5.27. The molecule has 1 heterocycles. The standard InChI is InChI=1S/C13H14FN3O2S2/c14-10-4-2-1-3-8(10)7-16-13-11(12(15)17-20-13)21(18,19)9-5-6-9/h1-4,9,16H,5-7H2,(H2,15,17). The minimum Gasteiger partial charge on any atom is -0.382 e. The number of nitrogens with one attached hydrogen (secondary N) is 1. The molecule has 1 aromatic heterocycles. The van der Waals surface area contributed by atoms with E-state index in [0.29, 0.717) is 23.4 Å². The van der Waals surface area contributed by atoms with Crippen molar-refractivity contribution in [2.75, 3.05) is 11.1 Å². The average Bonchev–Trinajstić information content (AvgIpc) is 3.23. The molecule has 0 atom stereocenters. The van der Waals surface area contributed by atoms with E-state index in [0.717, 1.165) is 11.5 Å². The molecule has 1 saturated carbocycles. The summed E-state index contributed by atoms with van der Waals surface area (Å²) in [5.74, 6) is -0.322. The minimum absolute atomic E-state index is 0.0166. The predicted molar refractivity (Wildman–Crippen MR) is 80.5 cm³/mol. The van der Waals surface area contributed by atoms with Gasteiger partial charge in [0.2, 0.25) is 0 Å². The number of nitrogens with zero attached hydrogens (tertiary/aromatic N) is 1. The Hall–Kier alpha value is -1.67. The molecule has 0 bridgehead atoms. The largest absolute Gasteiger partial charge is 0.382 e. The number of halogens is 1. The van der Waals surface area contributed by atoms with E-state index < -0.39 is 9.84 Å². The maximum absolute atomic E-state index is 13.6. The number of sulfone groups is 1. The van der Waals surface area contributed by atoms with Crippen molar-refractivity contribution in [3.05, 3.63) is 35.6 Å². The van der Waals surface area contributed by atoms with E-state index in [1.807, 2.05) is 0 Å². The summed E-state index contributed by atoms with van der Waals surface area (Å²) in [6.07, 6.45) is 1.31. The van der Waals surface area contributed by atoms with Gasteiger partial charge in [0.1, 0.15) is 15.7 Å². The molecule has 5 nitrogen and oxygen atoms in total. The first-order valence-electron chi connectivity index (χ1n) is 6.46. The Bertz CT molecular complexity index is 769. The summed E-state index contributed by atoms with van der Waals surface area (Å²) in [6.45, 7) is 0.182. The molecule has 1 fully saturated rings. The summed E-state index contributed by atoms with van der Waals surface area (Å²) >= 11 is 0.986. The SMILES string of the molecule is Nc1nsc(NCc2ccccc2F)c1S(=O)(=O)C1CC1. The molecule has 0 spiro atoms. The lowest BCUT2D eigenvalue weighted by atomic mass is 10.2. The molecular formula is C13H14FN3O2S2. The summed E-state index contributed by atoms with van der Waals surface area (Å²) in [5.41, 5.74) is 6.16. The van der Waals surface area contributed by atoms with Crippen LogP contribution in [-0.4, -0.2) is 18.0 Å². The number of aromatic nitrogens is 1. The van der Waals surface area contributed by atoms with E-state index in [2.05, 4.69) is 9.69 Å². The van der Waals surface area contributed by atoms with Crippen LogP contribution < -0.4 is 11.1 Å². The zero-order valence-electron chi connectivity index (χ0n) is 11.0. The Balaban J connectivity index is 1.86. The second-order valence-electron chi connectivity index (χ2n) is 4.92. The molecule has 0 amide bonds. The van der Waals surface area contributed by atoms with Crippen molar-refractivity contribution < 1.29 is 12.8 Å². The lowest BCUT2D eigenvalue weighted by Crippen LogP contribution is -2.11. The van der Waals surface area contributed by atoms with Crippen LogP contribution >= 0.6 is 11.5 Å². The number of rotatable bonds is 5. The molecule has 0 aliphatic heterocycles. The molecule has 21 heavy (non-hydrogen) atoms. The molecule has 8 heteroatoms. The fourth-order valence-electron chi connectivity index (χ4n) is 2.04. The molecular weight excluding hydrogens is 313 g/mol. The number of nitrogen functional groups attached to an aromatic ring is 1. The van der Waals surface area contributed by atoms with Crippen molar-refractivity contribution in [3.63, 3.8) is 0 Å². The monoisotopic (exact) mass is 327 g/mol. The van der Waals surface area contributed by atoms with Gasteiger partial charge in [-0.1, -0.05) is 18.2 Å². The van der Waals surface area contributed by atoms with Crippen molar-refractivity contribution in [2.24, 2.45) is 0 Å². The van der Waals surface area contributed by atoms with Crippen LogP contribution in [0.2, 0.25) is 0 Å². The van der Waals surface area contributed by atoms with E-state index in [1.54, 1.807) is 18.2 Å². The minimum atomic E-state index is -3.43. The highest BCUT2D eigenvalue weighted by molar-refractivity contribution is 7.92. The molecule has 112 valence electrons. The van der Waals surface area contributed by atoms with E-state index in [-0.39, 0.29) is 28.3 Å². The first-order chi connectivity index (χ1) is 10.00. The molecule has 3 rings (SSSR count). The molecule has 0 radical (unpaired) electrons. The Labute approximate surface area is 126 Å². The fraction of sp³-hybridized carbons (Fsp3) is 0.308. The topological polar surface area (TPSA) is 85.1 Å². The molecule has 1 aromatic carbocycles. The van der Waals surface area contributed by atoms with Gasteiger partial charge in [-0.15, -0.1) is 0 Å². The normalized spacial score (nSPS) is 15.1. The van der Waals surface area contributed by atoms with Gasteiger partial charge >= 0.3 is 0 Å². The highest BCUT2D eigenvalue weighted by atomic mass is 32.2.